The van der Waals surface area contributed by atoms with Gasteiger partial charge in [0.1, 0.15) is 0 Å². The first kappa shape index (κ1) is 26.8. The molecule has 0 aliphatic carbocycles. The maximum Gasteiger partial charge on any atom is 0.341 e. The molecule has 0 saturated heterocycles. The number of ether oxygens (including phenoxy) is 1. The second-order valence-electron chi connectivity index (χ2n) is 10.0. The fourth-order valence-electron chi connectivity index (χ4n) is 4.77. The lowest BCUT2D eigenvalue weighted by Gasteiger charge is -2.30. The highest BCUT2D eigenvalue weighted by molar-refractivity contribution is 6.18. The van der Waals surface area contributed by atoms with E-state index in [-0.39, 0.29) is 30.3 Å². The Balaban J connectivity index is 1.87. The van der Waals surface area contributed by atoms with Gasteiger partial charge in [0.15, 0.2) is 11.6 Å². The maximum absolute atomic E-state index is 13.9. The lowest BCUT2D eigenvalue weighted by molar-refractivity contribution is -0.136. The van der Waals surface area contributed by atoms with Crippen LogP contribution < -0.4 is 4.90 Å². The second-order valence-corrected chi connectivity index (χ2v) is 10.0. The molecule has 10 heteroatoms. The fourth-order valence-corrected chi connectivity index (χ4v) is 4.77. The van der Waals surface area contributed by atoms with E-state index in [1.165, 1.54) is 27.0 Å². The lowest BCUT2D eigenvalue weighted by Crippen LogP contribution is -2.37. The first-order chi connectivity index (χ1) is 17.9. The predicted molar refractivity (Wildman–Crippen MR) is 141 cm³/mol. The van der Waals surface area contributed by atoms with E-state index >= 15 is 0 Å². The van der Waals surface area contributed by atoms with Crippen molar-refractivity contribution in [3.8, 4) is 0 Å². The van der Waals surface area contributed by atoms with Crippen LogP contribution in [0.15, 0.2) is 42.6 Å². The van der Waals surface area contributed by atoms with Crippen LogP contribution in [0, 0.1) is 11.6 Å². The number of hydrogen-bond donors (Lipinski definition) is 1. The zero-order valence-corrected chi connectivity index (χ0v) is 22.2. The van der Waals surface area contributed by atoms with Gasteiger partial charge in [0, 0.05) is 61.5 Å². The van der Waals surface area contributed by atoms with Crippen LogP contribution in [0.25, 0.3) is 16.5 Å². The van der Waals surface area contributed by atoms with Gasteiger partial charge in [-0.25, -0.2) is 18.4 Å². The van der Waals surface area contributed by atoms with Crippen LogP contribution in [0.5, 0.6) is 0 Å². The van der Waals surface area contributed by atoms with Crippen molar-refractivity contribution in [1.29, 1.82) is 0 Å². The Morgan fingerprint density at radius 2 is 1.76 bits per heavy atom. The number of esters is 1. The number of carbonyl (C=O) groups excluding carboxylic acids is 3. The molecular weight excluding hydrogens is 494 g/mol. The van der Waals surface area contributed by atoms with Gasteiger partial charge in [-0.1, -0.05) is 19.9 Å². The first-order valence-corrected chi connectivity index (χ1v) is 12.1. The van der Waals surface area contributed by atoms with E-state index < -0.39 is 28.9 Å². The van der Waals surface area contributed by atoms with E-state index in [1.807, 2.05) is 32.0 Å². The molecule has 3 aromatic rings. The number of aromatic amines is 1. The highest BCUT2D eigenvalue weighted by Crippen LogP contribution is 2.41. The summed E-state index contributed by atoms with van der Waals surface area (Å²) in [5.74, 6) is -3.41. The summed E-state index contributed by atoms with van der Waals surface area (Å²) >= 11 is 0. The molecule has 0 unspecified atom stereocenters. The number of nitrogens with one attached hydrogen (secondary N) is 1. The van der Waals surface area contributed by atoms with E-state index in [4.69, 9.17) is 4.74 Å². The summed E-state index contributed by atoms with van der Waals surface area (Å²) in [7, 11) is 5.01. The molecule has 8 nitrogen and oxygen atoms in total. The first-order valence-electron chi connectivity index (χ1n) is 12.1. The number of benzene rings is 2. The molecule has 1 aliphatic heterocycles. The average molecular weight is 525 g/mol. The molecule has 0 radical (unpaired) electrons. The number of amides is 3. The number of anilines is 1. The van der Waals surface area contributed by atoms with Crippen molar-refractivity contribution in [2.75, 3.05) is 39.2 Å². The molecule has 38 heavy (non-hydrogen) atoms. The summed E-state index contributed by atoms with van der Waals surface area (Å²) in [6.45, 7) is 5.81. The number of fused-ring (bicyclic) bond motifs is 3. The highest BCUT2D eigenvalue weighted by atomic mass is 19.2. The summed E-state index contributed by atoms with van der Waals surface area (Å²) in [6.07, 6.45) is 1.40. The molecule has 2 heterocycles. The van der Waals surface area contributed by atoms with Gasteiger partial charge in [-0.3, -0.25) is 9.69 Å². The SMILES string of the molecule is CCOC(=O)C1=CN(C(=O)c2ccc(F)c(F)c2)CC(C)(C)c2c1[nH]c1cc(N(C)C(=O)N(C)C)ccc21. The van der Waals surface area contributed by atoms with Crippen molar-refractivity contribution in [3.05, 3.63) is 71.1 Å². The molecule has 1 aromatic heterocycles. The summed E-state index contributed by atoms with van der Waals surface area (Å²) in [6, 6.07) is 8.26. The Hall–Kier alpha value is -4.21. The third-order valence-electron chi connectivity index (χ3n) is 6.56. The Kier molecular flexibility index (Phi) is 7.01. The van der Waals surface area contributed by atoms with Crippen LogP contribution in [0.4, 0.5) is 19.3 Å². The number of urea groups is 1. The molecule has 0 atom stereocenters. The minimum absolute atomic E-state index is 0.0483. The summed E-state index contributed by atoms with van der Waals surface area (Å²) in [5, 5.41) is 0.816. The molecule has 200 valence electrons. The van der Waals surface area contributed by atoms with Crippen molar-refractivity contribution in [1.82, 2.24) is 14.8 Å². The third kappa shape index (κ3) is 4.73. The number of hydrogen-bond acceptors (Lipinski definition) is 4. The number of halogens is 2. The van der Waals surface area contributed by atoms with Gasteiger partial charge in [0.25, 0.3) is 5.91 Å². The van der Waals surface area contributed by atoms with Crippen LogP contribution in [0.3, 0.4) is 0 Å². The van der Waals surface area contributed by atoms with E-state index in [9.17, 15) is 23.2 Å². The van der Waals surface area contributed by atoms with Crippen molar-refractivity contribution in [3.63, 3.8) is 0 Å². The van der Waals surface area contributed by atoms with Gasteiger partial charge in [-0.2, -0.15) is 0 Å². The smallest absolute Gasteiger partial charge is 0.341 e. The molecule has 1 N–H and O–H groups in total. The summed E-state index contributed by atoms with van der Waals surface area (Å²) in [4.78, 5) is 46.6. The van der Waals surface area contributed by atoms with E-state index in [0.29, 0.717) is 16.9 Å². The standard InChI is InChI=1S/C28H30F2N4O4/c1-7-38-26(36)19-14-34(25(35)16-8-11-20(29)21(30)12-16)15-28(2,3)23-18-10-9-17(13-22(18)31-24(19)23)33(6)27(37)32(4)5/h8-14,31H,7,15H2,1-6H3. The number of rotatable bonds is 4. The van der Waals surface area contributed by atoms with Gasteiger partial charge in [0.2, 0.25) is 0 Å². The zero-order valence-electron chi connectivity index (χ0n) is 22.2. The number of aromatic nitrogens is 1. The molecule has 3 amide bonds. The maximum atomic E-state index is 13.9. The van der Waals surface area contributed by atoms with Crippen molar-refractivity contribution in [2.24, 2.45) is 0 Å². The van der Waals surface area contributed by atoms with Crippen LogP contribution in [0.2, 0.25) is 0 Å². The number of H-pyrrole nitrogens is 1. The Labute approximate surface area is 219 Å². The fraction of sp³-hybridized carbons (Fsp3) is 0.321. The lowest BCUT2D eigenvalue weighted by atomic mass is 9.81. The molecule has 0 spiro atoms. The van der Waals surface area contributed by atoms with E-state index in [0.717, 1.165) is 23.1 Å². The molecule has 0 fully saturated rings. The normalized spacial score (nSPS) is 14.4. The van der Waals surface area contributed by atoms with Crippen molar-refractivity contribution < 1.29 is 27.9 Å². The Bertz CT molecular complexity index is 1480. The number of carbonyl (C=O) groups is 3. The third-order valence-corrected chi connectivity index (χ3v) is 6.56. The molecular formula is C28H30F2N4O4. The van der Waals surface area contributed by atoms with Crippen molar-refractivity contribution >= 4 is 40.1 Å². The Morgan fingerprint density at radius 3 is 2.39 bits per heavy atom. The molecule has 0 saturated carbocycles. The van der Waals surface area contributed by atoms with E-state index in [2.05, 4.69) is 4.98 Å². The highest BCUT2D eigenvalue weighted by Gasteiger charge is 2.37. The second kappa shape index (κ2) is 9.92. The summed E-state index contributed by atoms with van der Waals surface area (Å²) < 4.78 is 32.7. The quantitative estimate of drug-likeness (QED) is 0.492. The van der Waals surface area contributed by atoms with Gasteiger partial charge >= 0.3 is 12.0 Å². The zero-order chi connectivity index (χ0) is 27.9. The topological polar surface area (TPSA) is 86.0 Å². The van der Waals surface area contributed by atoms with Gasteiger partial charge < -0.3 is 19.5 Å². The molecule has 4 rings (SSSR count). The number of nitrogens with zero attached hydrogens (tertiary/aromatic N) is 3. The van der Waals surface area contributed by atoms with E-state index in [1.54, 1.807) is 28.1 Å². The van der Waals surface area contributed by atoms with Crippen LogP contribution in [0.1, 0.15) is 42.4 Å². The van der Waals surface area contributed by atoms with Gasteiger partial charge in [0.05, 0.1) is 17.9 Å². The Morgan fingerprint density at radius 1 is 1.05 bits per heavy atom. The molecule has 1 aliphatic rings. The molecule has 0 bridgehead atoms. The van der Waals surface area contributed by atoms with Gasteiger partial charge in [-0.15, -0.1) is 0 Å². The summed E-state index contributed by atoms with van der Waals surface area (Å²) in [5.41, 5.74) is 2.03. The van der Waals surface area contributed by atoms with Crippen LogP contribution in [-0.4, -0.2) is 67.0 Å². The largest absolute Gasteiger partial charge is 0.462 e. The van der Waals surface area contributed by atoms with Crippen LogP contribution in [-0.2, 0) is 14.9 Å². The predicted octanol–water partition coefficient (Wildman–Crippen LogP) is 4.90. The minimum Gasteiger partial charge on any atom is -0.462 e. The molecule has 2 aromatic carbocycles. The monoisotopic (exact) mass is 524 g/mol. The van der Waals surface area contributed by atoms with Crippen molar-refractivity contribution in [2.45, 2.75) is 26.2 Å². The van der Waals surface area contributed by atoms with Gasteiger partial charge in [-0.05, 0) is 42.8 Å². The van der Waals surface area contributed by atoms with Crippen LogP contribution >= 0.6 is 0 Å². The minimum atomic E-state index is -1.13. The average Bonchev–Trinajstić information content (AvgIpc) is 3.20.